The molecule has 2 rings (SSSR count). The fourth-order valence-corrected chi connectivity index (χ4v) is 2.43. The van der Waals surface area contributed by atoms with Crippen molar-refractivity contribution in [1.29, 1.82) is 0 Å². The second-order valence-corrected chi connectivity index (χ2v) is 4.65. The molecule has 1 fully saturated rings. The van der Waals surface area contributed by atoms with Crippen LogP contribution in [-0.4, -0.2) is 53.8 Å². The highest BCUT2D eigenvalue weighted by atomic mass is 16.2. The van der Waals surface area contributed by atoms with E-state index >= 15 is 0 Å². The van der Waals surface area contributed by atoms with Crippen LogP contribution in [0.3, 0.4) is 0 Å². The van der Waals surface area contributed by atoms with Crippen molar-refractivity contribution in [2.45, 2.75) is 26.8 Å². The second-order valence-electron chi connectivity index (χ2n) is 4.65. The van der Waals surface area contributed by atoms with E-state index in [4.69, 9.17) is 5.73 Å². The third-order valence-corrected chi connectivity index (χ3v) is 3.64. The lowest BCUT2D eigenvalue weighted by Gasteiger charge is -2.41. The number of fused-ring (bicyclic) bond motifs is 1. The van der Waals surface area contributed by atoms with Gasteiger partial charge in [-0.1, -0.05) is 0 Å². The molecular formula is C12H20N4O. The Hall–Kier alpha value is -1.36. The van der Waals surface area contributed by atoms with Gasteiger partial charge in [0, 0.05) is 18.8 Å². The average Bonchev–Trinajstić information content (AvgIpc) is 2.34. The Kier molecular flexibility index (Phi) is 3.19. The molecule has 0 aromatic heterocycles. The number of hydrogen-bond acceptors (Lipinski definition) is 4. The summed E-state index contributed by atoms with van der Waals surface area (Å²) >= 11 is 0. The first kappa shape index (κ1) is 12.1. The monoisotopic (exact) mass is 236 g/mol. The van der Waals surface area contributed by atoms with Crippen LogP contribution < -0.4 is 5.73 Å². The molecule has 5 nitrogen and oxygen atoms in total. The van der Waals surface area contributed by atoms with Crippen molar-refractivity contribution in [2.24, 2.45) is 10.7 Å². The van der Waals surface area contributed by atoms with Crippen molar-refractivity contribution >= 4 is 11.7 Å². The molecule has 2 aliphatic rings. The van der Waals surface area contributed by atoms with E-state index in [1.54, 1.807) is 0 Å². The molecule has 17 heavy (non-hydrogen) atoms. The van der Waals surface area contributed by atoms with Crippen LogP contribution in [0, 0.1) is 0 Å². The molecule has 2 N–H and O–H groups in total. The number of carbonyl (C=O) groups excluding carboxylic acids is 1. The highest BCUT2D eigenvalue weighted by Gasteiger charge is 2.30. The molecule has 94 valence electrons. The van der Waals surface area contributed by atoms with Gasteiger partial charge in [0.2, 0.25) is 5.91 Å². The summed E-state index contributed by atoms with van der Waals surface area (Å²) < 4.78 is 0. The molecule has 0 saturated carbocycles. The molecule has 0 radical (unpaired) electrons. The summed E-state index contributed by atoms with van der Waals surface area (Å²) in [5.74, 6) is 1.08. The number of amidine groups is 1. The number of carbonyl (C=O) groups is 1. The van der Waals surface area contributed by atoms with Crippen molar-refractivity contribution in [3.8, 4) is 0 Å². The maximum atomic E-state index is 11.6. The van der Waals surface area contributed by atoms with E-state index < -0.39 is 0 Å². The van der Waals surface area contributed by atoms with Gasteiger partial charge in [0.05, 0.1) is 19.1 Å². The topological polar surface area (TPSA) is 61.9 Å². The lowest BCUT2D eigenvalue weighted by Crippen LogP contribution is -2.52. The highest BCUT2D eigenvalue weighted by Crippen LogP contribution is 2.25. The second kappa shape index (κ2) is 4.49. The molecule has 5 heteroatoms. The van der Waals surface area contributed by atoms with Crippen LogP contribution in [0.4, 0.5) is 0 Å². The minimum Gasteiger partial charge on any atom is -0.334 e. The normalized spacial score (nSPS) is 24.7. The highest BCUT2D eigenvalue weighted by molar-refractivity contribution is 5.84. The Labute approximate surface area is 102 Å². The Morgan fingerprint density at radius 2 is 2.18 bits per heavy atom. The van der Waals surface area contributed by atoms with Crippen LogP contribution in [0.1, 0.15) is 20.8 Å². The van der Waals surface area contributed by atoms with Crippen molar-refractivity contribution in [2.75, 3.05) is 26.2 Å². The Balaban J connectivity index is 2.23. The van der Waals surface area contributed by atoms with Crippen LogP contribution in [0.25, 0.3) is 0 Å². The molecule has 0 aromatic carbocycles. The summed E-state index contributed by atoms with van der Waals surface area (Å²) in [4.78, 5) is 20.3. The van der Waals surface area contributed by atoms with E-state index in [2.05, 4.69) is 23.7 Å². The minimum absolute atomic E-state index is 0.0257. The van der Waals surface area contributed by atoms with Gasteiger partial charge in [0.1, 0.15) is 5.84 Å². The van der Waals surface area contributed by atoms with Gasteiger partial charge in [0.25, 0.3) is 0 Å². The summed E-state index contributed by atoms with van der Waals surface area (Å²) in [6.45, 7) is 8.53. The van der Waals surface area contributed by atoms with Gasteiger partial charge in [0.15, 0.2) is 0 Å². The fraction of sp³-hybridized carbons (Fsp3) is 0.667. The number of nitrogens with two attached hydrogens (primary N) is 1. The quantitative estimate of drug-likeness (QED) is 0.706. The van der Waals surface area contributed by atoms with Gasteiger partial charge in [-0.25, -0.2) is 0 Å². The Morgan fingerprint density at radius 3 is 2.82 bits per heavy atom. The average molecular weight is 236 g/mol. The number of piperazine rings is 1. The van der Waals surface area contributed by atoms with Crippen molar-refractivity contribution < 1.29 is 4.79 Å². The van der Waals surface area contributed by atoms with Crippen LogP contribution in [0.2, 0.25) is 0 Å². The summed E-state index contributed by atoms with van der Waals surface area (Å²) in [5.41, 5.74) is 7.89. The minimum atomic E-state index is 0.0257. The number of hydrogen-bond donors (Lipinski definition) is 1. The Bertz CT molecular complexity index is 399. The standard InChI is InChI=1S/C12H20N4O/c1-8-9(2)14-10(3)16-5-4-15(7-11(8)16)12(17)6-13/h9H,4-7,13H2,1-3H3/t9-/m0/s1. The van der Waals surface area contributed by atoms with Gasteiger partial charge >= 0.3 is 0 Å². The number of rotatable bonds is 1. The van der Waals surface area contributed by atoms with Crippen molar-refractivity contribution in [3.05, 3.63) is 11.3 Å². The first-order chi connectivity index (χ1) is 8.04. The summed E-state index contributed by atoms with van der Waals surface area (Å²) in [6, 6.07) is 0.217. The predicted molar refractivity (Wildman–Crippen MR) is 67.6 cm³/mol. The molecule has 0 bridgehead atoms. The summed E-state index contributed by atoms with van der Waals surface area (Å²) in [5, 5.41) is 0. The Morgan fingerprint density at radius 1 is 1.47 bits per heavy atom. The lowest BCUT2D eigenvalue weighted by atomic mass is 10.0. The van der Waals surface area contributed by atoms with E-state index in [9.17, 15) is 4.79 Å². The van der Waals surface area contributed by atoms with Crippen LogP contribution in [0.15, 0.2) is 16.3 Å². The molecule has 0 aliphatic carbocycles. The van der Waals surface area contributed by atoms with Crippen LogP contribution >= 0.6 is 0 Å². The zero-order valence-corrected chi connectivity index (χ0v) is 10.7. The van der Waals surface area contributed by atoms with Crippen LogP contribution in [0.5, 0.6) is 0 Å². The molecule has 2 heterocycles. The molecule has 1 atom stereocenters. The van der Waals surface area contributed by atoms with E-state index in [0.717, 1.165) is 18.9 Å². The van der Waals surface area contributed by atoms with Gasteiger partial charge in [-0.15, -0.1) is 0 Å². The van der Waals surface area contributed by atoms with Gasteiger partial charge < -0.3 is 15.5 Å². The number of nitrogens with zero attached hydrogens (tertiary/aromatic N) is 3. The molecular weight excluding hydrogens is 216 g/mol. The molecule has 0 spiro atoms. The van der Waals surface area contributed by atoms with E-state index in [0.29, 0.717) is 6.54 Å². The molecule has 0 unspecified atom stereocenters. The molecule has 0 aromatic rings. The maximum Gasteiger partial charge on any atom is 0.236 e. The zero-order chi connectivity index (χ0) is 12.6. The fourth-order valence-electron chi connectivity index (χ4n) is 2.43. The SMILES string of the molecule is CC1=N[C@@H](C)C(C)=C2CN(C(=O)CN)CCN12. The van der Waals surface area contributed by atoms with Crippen molar-refractivity contribution in [3.63, 3.8) is 0 Å². The summed E-state index contributed by atoms with van der Waals surface area (Å²) in [7, 11) is 0. The largest absolute Gasteiger partial charge is 0.334 e. The van der Waals surface area contributed by atoms with Gasteiger partial charge in [-0.3, -0.25) is 9.79 Å². The smallest absolute Gasteiger partial charge is 0.236 e. The van der Waals surface area contributed by atoms with Crippen molar-refractivity contribution in [1.82, 2.24) is 9.80 Å². The zero-order valence-electron chi connectivity index (χ0n) is 10.7. The van der Waals surface area contributed by atoms with E-state index in [1.807, 2.05) is 11.8 Å². The molecule has 1 saturated heterocycles. The number of aliphatic imine (C=N–C) groups is 1. The van der Waals surface area contributed by atoms with Gasteiger partial charge in [-0.05, 0) is 26.3 Å². The number of amides is 1. The van der Waals surface area contributed by atoms with E-state index in [-0.39, 0.29) is 18.5 Å². The third kappa shape index (κ3) is 2.07. The van der Waals surface area contributed by atoms with Crippen LogP contribution in [-0.2, 0) is 4.79 Å². The first-order valence-electron chi connectivity index (χ1n) is 6.04. The lowest BCUT2D eigenvalue weighted by molar-refractivity contribution is -0.130. The third-order valence-electron chi connectivity index (χ3n) is 3.64. The maximum absolute atomic E-state index is 11.6. The summed E-state index contributed by atoms with van der Waals surface area (Å²) in [6.07, 6.45) is 0. The molecule has 2 aliphatic heterocycles. The molecule has 1 amide bonds. The van der Waals surface area contributed by atoms with Gasteiger partial charge in [-0.2, -0.15) is 0 Å². The predicted octanol–water partition coefficient (Wildman–Crippen LogP) is 0.184. The first-order valence-corrected chi connectivity index (χ1v) is 6.04. The van der Waals surface area contributed by atoms with E-state index in [1.165, 1.54) is 11.3 Å².